The van der Waals surface area contributed by atoms with Crippen LogP contribution in [0.1, 0.15) is 34.1 Å². The summed E-state index contributed by atoms with van der Waals surface area (Å²) in [6, 6.07) is 12.4. The van der Waals surface area contributed by atoms with Crippen molar-refractivity contribution in [2.75, 3.05) is 7.11 Å². The molecule has 0 aromatic heterocycles. The molecule has 1 unspecified atom stereocenters. The van der Waals surface area contributed by atoms with Crippen LogP contribution in [-0.2, 0) is 9.53 Å². The van der Waals surface area contributed by atoms with Gasteiger partial charge in [0.15, 0.2) is 11.6 Å². The molecule has 0 saturated carbocycles. The van der Waals surface area contributed by atoms with Crippen molar-refractivity contribution >= 4 is 40.7 Å². The lowest BCUT2D eigenvalue weighted by atomic mass is 9.77. The Balaban J connectivity index is 2.35. The van der Waals surface area contributed by atoms with E-state index < -0.39 is 17.2 Å². The van der Waals surface area contributed by atoms with Crippen LogP contribution < -0.4 is 0 Å². The Labute approximate surface area is 155 Å². The van der Waals surface area contributed by atoms with Crippen LogP contribution in [0, 0.1) is 5.41 Å². The average molecular weight is 379 g/mol. The van der Waals surface area contributed by atoms with Crippen LogP contribution >= 0.6 is 23.2 Å². The van der Waals surface area contributed by atoms with E-state index in [2.05, 4.69) is 0 Å². The molecule has 130 valence electrons. The van der Waals surface area contributed by atoms with Gasteiger partial charge in [0.2, 0.25) is 0 Å². The highest BCUT2D eigenvalue weighted by molar-refractivity contribution is 6.31. The minimum Gasteiger partial charge on any atom is -0.468 e. The highest BCUT2D eigenvalue weighted by Crippen LogP contribution is 2.31. The van der Waals surface area contributed by atoms with Crippen LogP contribution in [0.15, 0.2) is 48.5 Å². The Kier molecular flexibility index (Phi) is 5.98. The van der Waals surface area contributed by atoms with E-state index in [-0.39, 0.29) is 17.8 Å². The van der Waals surface area contributed by atoms with Crippen molar-refractivity contribution in [3.8, 4) is 0 Å². The van der Waals surface area contributed by atoms with E-state index in [1.54, 1.807) is 36.4 Å². The summed E-state index contributed by atoms with van der Waals surface area (Å²) in [6.07, 6.45) is -0.317. The lowest BCUT2D eigenvalue weighted by Crippen LogP contribution is -2.39. The molecule has 4 nitrogen and oxygen atoms in total. The van der Waals surface area contributed by atoms with E-state index in [4.69, 9.17) is 27.9 Å². The van der Waals surface area contributed by atoms with Gasteiger partial charge in [-0.1, -0.05) is 23.2 Å². The van der Waals surface area contributed by atoms with Gasteiger partial charge in [0, 0.05) is 27.6 Å². The summed E-state index contributed by atoms with van der Waals surface area (Å²) in [5, 5.41) is 0.957. The molecule has 0 saturated heterocycles. The van der Waals surface area contributed by atoms with E-state index in [0.717, 1.165) is 0 Å². The number of methoxy groups -OCH3 is 1. The molecule has 0 radical (unpaired) electrons. The van der Waals surface area contributed by atoms with E-state index in [9.17, 15) is 14.4 Å². The maximum atomic E-state index is 12.9. The van der Waals surface area contributed by atoms with Crippen LogP contribution in [0.2, 0.25) is 10.0 Å². The molecule has 6 heteroatoms. The molecular formula is C19H16Cl2O4. The highest BCUT2D eigenvalue weighted by Gasteiger charge is 2.44. The number of rotatable bonds is 6. The first-order valence-corrected chi connectivity index (χ1v) is 8.21. The second-order valence-electron chi connectivity index (χ2n) is 5.77. The Morgan fingerprint density at radius 2 is 1.32 bits per heavy atom. The van der Waals surface area contributed by atoms with Crippen molar-refractivity contribution in [2.24, 2.45) is 5.41 Å². The van der Waals surface area contributed by atoms with E-state index in [1.165, 1.54) is 26.2 Å². The Hall–Kier alpha value is -2.17. The smallest absolute Gasteiger partial charge is 0.319 e. The molecule has 0 aliphatic heterocycles. The fourth-order valence-corrected chi connectivity index (χ4v) is 2.70. The average Bonchev–Trinajstić information content (AvgIpc) is 2.61. The fraction of sp³-hybridized carbons (Fsp3) is 0.211. The van der Waals surface area contributed by atoms with Crippen molar-refractivity contribution < 1.29 is 19.1 Å². The number of ether oxygens (including phenoxy) is 1. The van der Waals surface area contributed by atoms with Crippen LogP contribution in [0.3, 0.4) is 0 Å². The van der Waals surface area contributed by atoms with Gasteiger partial charge in [-0.25, -0.2) is 0 Å². The van der Waals surface area contributed by atoms with Crippen LogP contribution in [0.5, 0.6) is 0 Å². The number of ketones is 2. The molecule has 0 aliphatic rings. The summed E-state index contributed by atoms with van der Waals surface area (Å²) < 4.78 is 4.78. The molecule has 2 rings (SSSR count). The quantitative estimate of drug-likeness (QED) is 0.417. The van der Waals surface area contributed by atoms with E-state index in [1.807, 2.05) is 0 Å². The summed E-state index contributed by atoms with van der Waals surface area (Å²) in [6.45, 7) is 1.41. The third-order valence-electron chi connectivity index (χ3n) is 3.92. The number of Topliss-reactive ketones (excluding diaryl/α,β-unsaturated/α-hetero) is 2. The molecule has 0 fully saturated rings. The summed E-state index contributed by atoms with van der Waals surface area (Å²) in [7, 11) is 1.18. The normalized spacial score (nSPS) is 13.0. The van der Waals surface area contributed by atoms with Crippen molar-refractivity contribution in [1.29, 1.82) is 0 Å². The van der Waals surface area contributed by atoms with E-state index in [0.29, 0.717) is 15.6 Å². The number of halogens is 2. The molecule has 2 aromatic rings. The number of hydrogen-bond donors (Lipinski definition) is 0. The summed E-state index contributed by atoms with van der Waals surface area (Å²) in [5.41, 5.74) is -0.996. The maximum absolute atomic E-state index is 12.9. The second kappa shape index (κ2) is 7.81. The van der Waals surface area contributed by atoms with Gasteiger partial charge in [0.25, 0.3) is 0 Å². The summed E-state index contributed by atoms with van der Waals surface area (Å²) in [5.74, 6) is -1.63. The molecule has 0 bridgehead atoms. The van der Waals surface area contributed by atoms with Gasteiger partial charge in [-0.05, 0) is 55.5 Å². The minimum absolute atomic E-state index is 0.279. The lowest BCUT2D eigenvalue weighted by molar-refractivity contribution is -0.148. The van der Waals surface area contributed by atoms with Crippen LogP contribution in [0.25, 0.3) is 0 Å². The van der Waals surface area contributed by atoms with Crippen LogP contribution in [-0.4, -0.2) is 24.6 Å². The molecule has 1 atom stereocenters. The first kappa shape index (κ1) is 19.2. The first-order chi connectivity index (χ1) is 11.8. The van der Waals surface area contributed by atoms with Gasteiger partial charge in [0.05, 0.1) is 7.11 Å². The number of esters is 1. The molecule has 2 aromatic carbocycles. The number of carbonyl (C=O) groups is 3. The molecule has 0 spiro atoms. The molecule has 0 amide bonds. The zero-order valence-corrected chi connectivity index (χ0v) is 15.2. The Morgan fingerprint density at radius 1 is 0.880 bits per heavy atom. The molecular weight excluding hydrogens is 363 g/mol. The zero-order chi connectivity index (χ0) is 18.6. The van der Waals surface area contributed by atoms with Crippen molar-refractivity contribution in [3.05, 3.63) is 69.7 Å². The molecule has 0 N–H and O–H groups in total. The van der Waals surface area contributed by atoms with E-state index >= 15 is 0 Å². The highest BCUT2D eigenvalue weighted by atomic mass is 35.5. The summed E-state index contributed by atoms with van der Waals surface area (Å²) in [4.78, 5) is 37.7. The first-order valence-electron chi connectivity index (χ1n) is 7.45. The fourth-order valence-electron chi connectivity index (χ4n) is 2.45. The van der Waals surface area contributed by atoms with Crippen molar-refractivity contribution in [3.63, 3.8) is 0 Å². The van der Waals surface area contributed by atoms with Crippen LogP contribution in [0.4, 0.5) is 0 Å². The third-order valence-corrected chi connectivity index (χ3v) is 4.43. The molecule has 25 heavy (non-hydrogen) atoms. The number of carbonyl (C=O) groups excluding carboxylic acids is 3. The van der Waals surface area contributed by atoms with Gasteiger partial charge in [-0.2, -0.15) is 0 Å². The van der Waals surface area contributed by atoms with Crippen molar-refractivity contribution in [1.82, 2.24) is 0 Å². The number of hydrogen-bond acceptors (Lipinski definition) is 4. The molecule has 0 aliphatic carbocycles. The predicted molar refractivity (Wildman–Crippen MR) is 96.3 cm³/mol. The van der Waals surface area contributed by atoms with Gasteiger partial charge < -0.3 is 4.74 Å². The summed E-state index contributed by atoms with van der Waals surface area (Å²) >= 11 is 11.6. The standard InChI is InChI=1S/C19H16Cl2O4/c1-19(18(24)25-2,17(23)13-5-9-15(21)10-6-13)11-16(22)12-3-7-14(20)8-4-12/h3-10H,11H2,1-2H3. The largest absolute Gasteiger partial charge is 0.468 e. The van der Waals surface area contributed by atoms with Gasteiger partial charge in [-0.3, -0.25) is 14.4 Å². The van der Waals surface area contributed by atoms with Gasteiger partial charge in [-0.15, -0.1) is 0 Å². The maximum Gasteiger partial charge on any atom is 0.319 e. The Morgan fingerprint density at radius 3 is 1.76 bits per heavy atom. The van der Waals surface area contributed by atoms with Crippen molar-refractivity contribution in [2.45, 2.75) is 13.3 Å². The third kappa shape index (κ3) is 4.27. The predicted octanol–water partition coefficient (Wildman–Crippen LogP) is 4.63. The Bertz CT molecular complexity index is 797. The van der Waals surface area contributed by atoms with Gasteiger partial charge in [0.1, 0.15) is 5.41 Å². The molecule has 0 heterocycles. The number of benzene rings is 2. The monoisotopic (exact) mass is 378 g/mol. The lowest BCUT2D eigenvalue weighted by Gasteiger charge is -2.24. The minimum atomic E-state index is -1.64. The zero-order valence-electron chi connectivity index (χ0n) is 13.7. The second-order valence-corrected chi connectivity index (χ2v) is 6.64. The SMILES string of the molecule is COC(=O)C(C)(CC(=O)c1ccc(Cl)cc1)C(=O)c1ccc(Cl)cc1. The topological polar surface area (TPSA) is 60.4 Å². The van der Waals surface area contributed by atoms with Gasteiger partial charge >= 0.3 is 5.97 Å².